The number of primary sulfonamides is 1. The van der Waals surface area contributed by atoms with E-state index in [1.54, 1.807) is 18.3 Å². The van der Waals surface area contributed by atoms with Crippen LogP contribution in [0.25, 0.3) is 5.57 Å². The number of nitrogens with two attached hydrogens (primary N) is 1. The minimum Gasteiger partial charge on any atom is -0.324 e. The van der Waals surface area contributed by atoms with Crippen molar-refractivity contribution in [2.45, 2.75) is 23.9 Å². The van der Waals surface area contributed by atoms with E-state index in [9.17, 15) is 8.42 Å². The molecule has 1 aromatic heterocycles. The topological polar surface area (TPSA) is 135 Å². The largest absolute Gasteiger partial charge is 0.324 e. The van der Waals surface area contributed by atoms with Crippen LogP contribution >= 0.6 is 0 Å². The lowest BCUT2D eigenvalue weighted by molar-refractivity contribution is 0.598. The maximum absolute atomic E-state index is 11.5. The Kier molecular flexibility index (Phi) is 4.21. The third kappa shape index (κ3) is 3.44. The van der Waals surface area contributed by atoms with Gasteiger partial charge in [-0.3, -0.25) is 5.43 Å². The molecule has 2 unspecified atom stereocenters. The van der Waals surface area contributed by atoms with Gasteiger partial charge in [0.2, 0.25) is 16.0 Å². The number of aryl methyl sites for hydroxylation is 1. The zero-order chi connectivity index (χ0) is 19.0. The predicted molar refractivity (Wildman–Crippen MR) is 101 cm³/mol. The Morgan fingerprint density at radius 2 is 2.15 bits per heavy atom. The van der Waals surface area contributed by atoms with Crippen LogP contribution in [0.15, 0.2) is 63.9 Å². The highest BCUT2D eigenvalue weighted by atomic mass is 32.2. The molecule has 1 aliphatic heterocycles. The van der Waals surface area contributed by atoms with E-state index < -0.39 is 10.0 Å². The van der Waals surface area contributed by atoms with Crippen molar-refractivity contribution in [1.29, 1.82) is 0 Å². The molecular formula is C17H17N7O2S. The fraction of sp³-hybridized carbons (Fsp3) is 0.176. The molecule has 1 aromatic carbocycles. The number of aromatic nitrogens is 2. The van der Waals surface area contributed by atoms with Crippen LogP contribution in [0.3, 0.4) is 0 Å². The van der Waals surface area contributed by atoms with Gasteiger partial charge in [0.15, 0.2) is 0 Å². The van der Waals surface area contributed by atoms with Gasteiger partial charge in [-0.2, -0.15) is 5.11 Å². The number of allylic oxidation sites excluding steroid dienone is 2. The first kappa shape index (κ1) is 17.3. The average molecular weight is 383 g/mol. The Balaban J connectivity index is 1.67. The summed E-state index contributed by atoms with van der Waals surface area (Å²) in [6.45, 7) is 1.93. The Bertz CT molecular complexity index is 1090. The molecule has 2 aromatic rings. The van der Waals surface area contributed by atoms with Gasteiger partial charge >= 0.3 is 0 Å². The number of hydrogen-bond donors (Lipinski definition) is 3. The molecule has 2 heterocycles. The van der Waals surface area contributed by atoms with Crippen LogP contribution < -0.4 is 15.9 Å². The van der Waals surface area contributed by atoms with E-state index in [-0.39, 0.29) is 17.0 Å². The summed E-state index contributed by atoms with van der Waals surface area (Å²) in [5, 5.41) is 16.4. The molecule has 138 valence electrons. The molecule has 4 N–H and O–H groups in total. The second-order valence-corrected chi connectivity index (χ2v) is 7.81. The number of hydrogen-bond acceptors (Lipinski definition) is 8. The van der Waals surface area contributed by atoms with Gasteiger partial charge in [-0.25, -0.2) is 23.5 Å². The Morgan fingerprint density at radius 3 is 2.96 bits per heavy atom. The molecule has 0 amide bonds. The number of anilines is 2. The SMILES string of the molecule is Cc1cnc(Nc2cccc(S(N)(=O)=O)c2)nc1C1=CC=CC2NN=NC12. The molecule has 2 aliphatic rings. The van der Waals surface area contributed by atoms with Gasteiger partial charge in [-0.1, -0.05) is 29.5 Å². The van der Waals surface area contributed by atoms with Crippen molar-refractivity contribution in [3.8, 4) is 0 Å². The van der Waals surface area contributed by atoms with Gasteiger partial charge in [0.05, 0.1) is 16.6 Å². The van der Waals surface area contributed by atoms with Crippen molar-refractivity contribution < 1.29 is 8.42 Å². The second kappa shape index (κ2) is 6.56. The first-order valence-electron chi connectivity index (χ1n) is 8.19. The lowest BCUT2D eigenvalue weighted by Gasteiger charge is -2.20. The average Bonchev–Trinajstić information content (AvgIpc) is 3.12. The third-order valence-electron chi connectivity index (χ3n) is 4.31. The van der Waals surface area contributed by atoms with Crippen LogP contribution in [0.4, 0.5) is 11.6 Å². The van der Waals surface area contributed by atoms with Crippen molar-refractivity contribution in [2.75, 3.05) is 5.32 Å². The van der Waals surface area contributed by atoms with Gasteiger partial charge in [-0.15, -0.1) is 0 Å². The number of sulfonamides is 1. The monoisotopic (exact) mass is 383 g/mol. The van der Waals surface area contributed by atoms with Crippen molar-refractivity contribution in [3.05, 3.63) is 59.9 Å². The Morgan fingerprint density at radius 1 is 1.30 bits per heavy atom. The van der Waals surface area contributed by atoms with Crippen LogP contribution in [-0.4, -0.2) is 30.5 Å². The molecule has 27 heavy (non-hydrogen) atoms. The summed E-state index contributed by atoms with van der Waals surface area (Å²) in [6.07, 6.45) is 7.63. The Hall–Kier alpha value is -3.11. The molecule has 1 aliphatic carbocycles. The number of nitrogens with one attached hydrogen (secondary N) is 2. The number of nitrogens with zero attached hydrogens (tertiary/aromatic N) is 4. The van der Waals surface area contributed by atoms with E-state index >= 15 is 0 Å². The fourth-order valence-electron chi connectivity index (χ4n) is 2.98. The number of rotatable bonds is 4. The lowest BCUT2D eigenvalue weighted by Crippen LogP contribution is -2.31. The maximum atomic E-state index is 11.5. The highest BCUT2D eigenvalue weighted by molar-refractivity contribution is 7.89. The summed E-state index contributed by atoms with van der Waals surface area (Å²) in [6, 6.07) is 6.06. The molecule has 9 nitrogen and oxygen atoms in total. The van der Waals surface area contributed by atoms with Crippen molar-refractivity contribution >= 4 is 27.2 Å². The molecule has 0 fully saturated rings. The first-order chi connectivity index (χ1) is 12.9. The van der Waals surface area contributed by atoms with E-state index in [0.717, 1.165) is 16.8 Å². The van der Waals surface area contributed by atoms with E-state index in [1.165, 1.54) is 12.1 Å². The summed E-state index contributed by atoms with van der Waals surface area (Å²) in [4.78, 5) is 8.91. The smallest absolute Gasteiger partial charge is 0.238 e. The van der Waals surface area contributed by atoms with Crippen LogP contribution in [0, 0.1) is 6.92 Å². The molecule has 0 radical (unpaired) electrons. The van der Waals surface area contributed by atoms with Crippen LogP contribution in [0.2, 0.25) is 0 Å². The highest BCUT2D eigenvalue weighted by Crippen LogP contribution is 2.31. The molecular weight excluding hydrogens is 366 g/mol. The van der Waals surface area contributed by atoms with Gasteiger partial charge < -0.3 is 5.32 Å². The standard InChI is InChI=1S/C17H17N7O2S/c1-10-9-19-17(20-11-4-2-5-12(8-11)27(18,25)26)21-15(10)13-6-3-7-14-16(13)23-24-22-14/h2-9,14,16H,1H3,(H,22,23)(H2,18,25,26)(H,19,20,21). The molecule has 4 rings (SSSR count). The summed E-state index contributed by atoms with van der Waals surface area (Å²) < 4.78 is 23.1. The van der Waals surface area contributed by atoms with Crippen molar-refractivity contribution in [3.63, 3.8) is 0 Å². The third-order valence-corrected chi connectivity index (χ3v) is 5.22. The molecule has 0 saturated carbocycles. The summed E-state index contributed by atoms with van der Waals surface area (Å²) in [5.41, 5.74) is 6.08. The number of fused-ring (bicyclic) bond motifs is 1. The summed E-state index contributed by atoms with van der Waals surface area (Å²) in [7, 11) is -3.79. The van der Waals surface area contributed by atoms with E-state index in [2.05, 4.69) is 31.0 Å². The molecule has 0 saturated heterocycles. The predicted octanol–water partition coefficient (Wildman–Crippen LogP) is 1.84. The minimum atomic E-state index is -3.79. The van der Waals surface area contributed by atoms with E-state index in [4.69, 9.17) is 5.14 Å². The van der Waals surface area contributed by atoms with Crippen molar-refractivity contribution in [2.24, 2.45) is 15.5 Å². The first-order valence-corrected chi connectivity index (χ1v) is 9.74. The quantitative estimate of drug-likeness (QED) is 0.737. The second-order valence-electron chi connectivity index (χ2n) is 6.25. The maximum Gasteiger partial charge on any atom is 0.238 e. The van der Waals surface area contributed by atoms with Gasteiger partial charge in [0.1, 0.15) is 6.04 Å². The summed E-state index contributed by atoms with van der Waals surface area (Å²) in [5.74, 6) is 0.345. The minimum absolute atomic E-state index is 0.0141. The molecule has 0 spiro atoms. The van der Waals surface area contributed by atoms with E-state index in [0.29, 0.717) is 11.6 Å². The highest BCUT2D eigenvalue weighted by Gasteiger charge is 2.31. The molecule has 0 bridgehead atoms. The molecule has 2 atom stereocenters. The number of benzene rings is 1. The van der Waals surface area contributed by atoms with Crippen LogP contribution in [0.1, 0.15) is 11.3 Å². The van der Waals surface area contributed by atoms with Crippen LogP contribution in [-0.2, 0) is 10.0 Å². The van der Waals surface area contributed by atoms with Crippen molar-refractivity contribution in [1.82, 2.24) is 15.4 Å². The van der Waals surface area contributed by atoms with E-state index in [1.807, 2.05) is 25.2 Å². The Labute approximate surface area is 156 Å². The summed E-state index contributed by atoms with van der Waals surface area (Å²) >= 11 is 0. The van der Waals surface area contributed by atoms with Gasteiger partial charge in [0.25, 0.3) is 0 Å². The van der Waals surface area contributed by atoms with Crippen LogP contribution in [0.5, 0.6) is 0 Å². The van der Waals surface area contributed by atoms with Gasteiger partial charge in [-0.05, 0) is 30.7 Å². The normalized spacial score (nSPS) is 20.7. The zero-order valence-electron chi connectivity index (χ0n) is 14.4. The fourth-order valence-corrected chi connectivity index (χ4v) is 3.54. The molecule has 10 heteroatoms. The zero-order valence-corrected chi connectivity index (χ0v) is 15.2. The van der Waals surface area contributed by atoms with Gasteiger partial charge in [0, 0.05) is 17.5 Å². The lowest BCUT2D eigenvalue weighted by atomic mass is 9.92.